The zero-order chi connectivity index (χ0) is 15.3. The van der Waals surface area contributed by atoms with Gasteiger partial charge in [-0.25, -0.2) is 0 Å². The second-order valence-corrected chi connectivity index (χ2v) is 7.27. The van der Waals surface area contributed by atoms with E-state index in [0.29, 0.717) is 6.04 Å². The van der Waals surface area contributed by atoms with Crippen molar-refractivity contribution in [3.8, 4) is 0 Å². The topological polar surface area (TPSA) is 29.3 Å². The molecule has 2 nitrogen and oxygen atoms in total. The molecule has 20 heavy (non-hydrogen) atoms. The lowest BCUT2D eigenvalue weighted by atomic mass is 9.80. The molecule has 2 N–H and O–H groups in total. The first-order valence-corrected chi connectivity index (χ1v) is 7.75. The van der Waals surface area contributed by atoms with Gasteiger partial charge in [0.25, 0.3) is 0 Å². The minimum Gasteiger partial charge on any atom is -0.323 e. The second kappa shape index (κ2) is 7.24. The van der Waals surface area contributed by atoms with Crippen LogP contribution in [0.2, 0.25) is 0 Å². The van der Waals surface area contributed by atoms with Crippen molar-refractivity contribution in [1.29, 1.82) is 0 Å². The summed E-state index contributed by atoms with van der Waals surface area (Å²) in [5.41, 5.74) is 7.78. The molecular weight excluding hydrogens is 244 g/mol. The first-order valence-electron chi connectivity index (χ1n) is 7.75. The number of rotatable bonds is 7. The van der Waals surface area contributed by atoms with Crippen molar-refractivity contribution in [3.05, 3.63) is 35.9 Å². The molecule has 0 saturated heterocycles. The van der Waals surface area contributed by atoms with Crippen LogP contribution in [0.1, 0.15) is 52.6 Å². The van der Waals surface area contributed by atoms with Crippen LogP contribution in [0.5, 0.6) is 0 Å². The summed E-state index contributed by atoms with van der Waals surface area (Å²) < 4.78 is 0. The van der Waals surface area contributed by atoms with Gasteiger partial charge in [-0.2, -0.15) is 0 Å². The fraction of sp³-hybridized carbons (Fsp3) is 0.667. The molecule has 114 valence electrons. The number of benzene rings is 1. The SMILES string of the molecule is CC(C)CC(C)N(C)CC(C)(C)C(N)c1ccccc1. The Kier molecular flexibility index (Phi) is 6.22. The highest BCUT2D eigenvalue weighted by Crippen LogP contribution is 2.32. The van der Waals surface area contributed by atoms with Gasteiger partial charge >= 0.3 is 0 Å². The maximum Gasteiger partial charge on any atom is 0.0359 e. The number of hydrogen-bond acceptors (Lipinski definition) is 2. The first-order chi connectivity index (χ1) is 9.24. The molecule has 0 bridgehead atoms. The Labute approximate surface area is 125 Å². The van der Waals surface area contributed by atoms with Crippen LogP contribution in [0.25, 0.3) is 0 Å². The Balaban J connectivity index is 2.69. The molecule has 0 aliphatic heterocycles. The summed E-state index contributed by atoms with van der Waals surface area (Å²) >= 11 is 0. The summed E-state index contributed by atoms with van der Waals surface area (Å²) in [5, 5.41) is 0. The second-order valence-electron chi connectivity index (χ2n) is 7.27. The largest absolute Gasteiger partial charge is 0.323 e. The van der Waals surface area contributed by atoms with E-state index in [1.807, 2.05) is 6.07 Å². The Morgan fingerprint density at radius 3 is 2.15 bits per heavy atom. The van der Waals surface area contributed by atoms with Crippen LogP contribution < -0.4 is 5.73 Å². The third-order valence-corrected chi connectivity index (χ3v) is 4.22. The zero-order valence-corrected chi connectivity index (χ0v) is 14.1. The number of nitrogens with zero attached hydrogens (tertiary/aromatic N) is 1. The lowest BCUT2D eigenvalue weighted by molar-refractivity contribution is 0.133. The quantitative estimate of drug-likeness (QED) is 0.813. The monoisotopic (exact) mass is 276 g/mol. The van der Waals surface area contributed by atoms with Gasteiger partial charge in [0.15, 0.2) is 0 Å². The predicted molar refractivity (Wildman–Crippen MR) is 88.7 cm³/mol. The summed E-state index contributed by atoms with van der Waals surface area (Å²) in [6, 6.07) is 11.1. The molecule has 0 heterocycles. The molecule has 0 aliphatic carbocycles. The highest BCUT2D eigenvalue weighted by molar-refractivity contribution is 5.20. The number of nitrogens with two attached hydrogens (primary N) is 1. The van der Waals surface area contributed by atoms with E-state index in [1.165, 1.54) is 12.0 Å². The summed E-state index contributed by atoms with van der Waals surface area (Å²) in [4.78, 5) is 2.45. The van der Waals surface area contributed by atoms with Gasteiger partial charge in [0, 0.05) is 18.6 Å². The van der Waals surface area contributed by atoms with Crippen molar-refractivity contribution in [2.45, 2.75) is 53.1 Å². The molecule has 1 aromatic rings. The molecule has 2 unspecified atom stereocenters. The molecule has 1 rings (SSSR count). The Morgan fingerprint density at radius 1 is 1.10 bits per heavy atom. The summed E-state index contributed by atoms with van der Waals surface area (Å²) in [6.45, 7) is 12.4. The third-order valence-electron chi connectivity index (χ3n) is 4.22. The molecule has 0 spiro atoms. The summed E-state index contributed by atoms with van der Waals surface area (Å²) in [7, 11) is 2.21. The van der Waals surface area contributed by atoms with E-state index in [4.69, 9.17) is 5.73 Å². The molecule has 0 radical (unpaired) electrons. The standard InChI is InChI=1S/C18H32N2/c1-14(2)12-15(3)20(6)13-18(4,5)17(19)16-10-8-7-9-11-16/h7-11,14-15,17H,12-13,19H2,1-6H3. The Morgan fingerprint density at radius 2 is 1.65 bits per heavy atom. The summed E-state index contributed by atoms with van der Waals surface area (Å²) in [6.07, 6.45) is 1.23. The van der Waals surface area contributed by atoms with Gasteiger partial charge in [-0.15, -0.1) is 0 Å². The minimum absolute atomic E-state index is 0.0569. The maximum absolute atomic E-state index is 6.50. The van der Waals surface area contributed by atoms with Gasteiger partial charge < -0.3 is 10.6 Å². The van der Waals surface area contributed by atoms with E-state index in [0.717, 1.165) is 12.5 Å². The van der Waals surface area contributed by atoms with Crippen LogP contribution in [0.15, 0.2) is 30.3 Å². The highest BCUT2D eigenvalue weighted by Gasteiger charge is 2.30. The normalized spacial score (nSPS) is 15.7. The van der Waals surface area contributed by atoms with Gasteiger partial charge in [0.2, 0.25) is 0 Å². The lowest BCUT2D eigenvalue weighted by Crippen LogP contribution is -2.43. The lowest BCUT2D eigenvalue weighted by Gasteiger charge is -2.38. The van der Waals surface area contributed by atoms with Gasteiger partial charge in [-0.05, 0) is 37.3 Å². The average molecular weight is 276 g/mol. The summed E-state index contributed by atoms with van der Waals surface area (Å²) in [5.74, 6) is 0.735. The van der Waals surface area contributed by atoms with E-state index in [9.17, 15) is 0 Å². The van der Waals surface area contributed by atoms with Crippen LogP contribution in [0.4, 0.5) is 0 Å². The third kappa shape index (κ3) is 4.92. The Bertz CT molecular complexity index is 384. The minimum atomic E-state index is 0.0569. The van der Waals surface area contributed by atoms with Gasteiger partial charge in [0.1, 0.15) is 0 Å². The van der Waals surface area contributed by atoms with Gasteiger partial charge in [-0.1, -0.05) is 58.0 Å². The van der Waals surface area contributed by atoms with Crippen LogP contribution in [-0.2, 0) is 0 Å². The van der Waals surface area contributed by atoms with Crippen LogP contribution >= 0.6 is 0 Å². The van der Waals surface area contributed by atoms with Crippen molar-refractivity contribution in [3.63, 3.8) is 0 Å². The Hall–Kier alpha value is -0.860. The smallest absolute Gasteiger partial charge is 0.0359 e. The van der Waals surface area contributed by atoms with Crippen molar-refractivity contribution in [2.24, 2.45) is 17.1 Å². The molecule has 1 aromatic carbocycles. The van der Waals surface area contributed by atoms with E-state index < -0.39 is 0 Å². The first kappa shape index (κ1) is 17.2. The molecular formula is C18H32N2. The van der Waals surface area contributed by atoms with Crippen molar-refractivity contribution >= 4 is 0 Å². The van der Waals surface area contributed by atoms with Crippen LogP contribution in [0.3, 0.4) is 0 Å². The molecule has 0 saturated carbocycles. The maximum atomic E-state index is 6.50. The van der Waals surface area contributed by atoms with E-state index in [2.05, 4.69) is 70.8 Å². The van der Waals surface area contributed by atoms with Crippen molar-refractivity contribution in [2.75, 3.05) is 13.6 Å². The predicted octanol–water partition coefficient (Wildman–Crippen LogP) is 4.08. The molecule has 0 fully saturated rings. The van der Waals surface area contributed by atoms with E-state index in [1.54, 1.807) is 0 Å². The highest BCUT2D eigenvalue weighted by atomic mass is 15.1. The van der Waals surface area contributed by atoms with Gasteiger partial charge in [-0.3, -0.25) is 0 Å². The fourth-order valence-corrected chi connectivity index (χ4v) is 2.87. The number of hydrogen-bond donors (Lipinski definition) is 1. The zero-order valence-electron chi connectivity index (χ0n) is 14.1. The molecule has 0 aliphatic rings. The molecule has 0 amide bonds. The van der Waals surface area contributed by atoms with Crippen molar-refractivity contribution in [1.82, 2.24) is 4.90 Å². The fourth-order valence-electron chi connectivity index (χ4n) is 2.87. The van der Waals surface area contributed by atoms with Gasteiger partial charge in [0.05, 0.1) is 0 Å². The van der Waals surface area contributed by atoms with E-state index >= 15 is 0 Å². The average Bonchev–Trinajstić information content (AvgIpc) is 2.37. The molecule has 0 aromatic heterocycles. The van der Waals surface area contributed by atoms with Crippen LogP contribution in [0, 0.1) is 11.3 Å². The van der Waals surface area contributed by atoms with Crippen molar-refractivity contribution < 1.29 is 0 Å². The van der Waals surface area contributed by atoms with E-state index in [-0.39, 0.29) is 11.5 Å². The molecule has 2 atom stereocenters. The van der Waals surface area contributed by atoms with Crippen LogP contribution in [-0.4, -0.2) is 24.5 Å². The molecule has 2 heteroatoms.